The number of amides is 2. The third kappa shape index (κ3) is 5.11. The van der Waals surface area contributed by atoms with Crippen LogP contribution in [0.25, 0.3) is 6.08 Å². The summed E-state index contributed by atoms with van der Waals surface area (Å²) in [6.07, 6.45) is 1.57. The molecule has 0 bridgehead atoms. The molecule has 4 nitrogen and oxygen atoms in total. The van der Waals surface area contributed by atoms with Crippen LogP contribution in [0, 0.1) is 5.92 Å². The van der Waals surface area contributed by atoms with Gasteiger partial charge in [0.2, 0.25) is 0 Å². The van der Waals surface area contributed by atoms with Crippen LogP contribution >= 0.6 is 11.8 Å². The summed E-state index contributed by atoms with van der Waals surface area (Å²) < 4.78 is 38.4. The molecule has 1 aliphatic heterocycles. The van der Waals surface area contributed by atoms with Gasteiger partial charge in [-0.1, -0.05) is 43.7 Å². The quantitative estimate of drug-likeness (QED) is 0.545. The number of benzene rings is 2. The Morgan fingerprint density at radius 3 is 2.48 bits per heavy atom. The molecular weight excluding hydrogens is 449 g/mol. The van der Waals surface area contributed by atoms with Crippen molar-refractivity contribution < 1.29 is 22.8 Å². The summed E-state index contributed by atoms with van der Waals surface area (Å²) in [6.45, 7) is 2.16. The molecule has 1 saturated carbocycles. The largest absolute Gasteiger partial charge is 0.416 e. The fraction of sp³-hybridized carbons (Fsp3) is 0.360. The average molecular weight is 475 g/mol. The number of likely N-dealkylation sites (N-methyl/N-ethyl adjacent to an activating group) is 1. The van der Waals surface area contributed by atoms with E-state index in [1.165, 1.54) is 35.2 Å². The number of hydrogen-bond donors (Lipinski definition) is 1. The lowest BCUT2D eigenvalue weighted by Crippen LogP contribution is -2.41. The van der Waals surface area contributed by atoms with E-state index in [9.17, 15) is 22.8 Å². The van der Waals surface area contributed by atoms with Gasteiger partial charge in [-0.05, 0) is 60.7 Å². The van der Waals surface area contributed by atoms with E-state index in [2.05, 4.69) is 12.2 Å². The van der Waals surface area contributed by atoms with Crippen LogP contribution in [0.4, 0.5) is 18.9 Å². The third-order valence-electron chi connectivity index (χ3n) is 6.28. The number of thioether (sulfide) groups is 1. The maximum absolute atomic E-state index is 12.9. The molecule has 2 aliphatic rings. The van der Waals surface area contributed by atoms with Crippen molar-refractivity contribution in [3.05, 3.63) is 64.1 Å². The number of halogens is 3. The van der Waals surface area contributed by atoms with Crippen molar-refractivity contribution in [2.75, 3.05) is 11.9 Å². The molecule has 0 spiro atoms. The summed E-state index contributed by atoms with van der Waals surface area (Å²) in [4.78, 5) is 28.4. The van der Waals surface area contributed by atoms with Crippen LogP contribution < -0.4 is 10.2 Å². The van der Waals surface area contributed by atoms with E-state index in [-0.39, 0.29) is 17.9 Å². The van der Waals surface area contributed by atoms with Crippen molar-refractivity contribution in [1.82, 2.24) is 5.32 Å². The Balaban J connectivity index is 1.53. The zero-order valence-corrected chi connectivity index (χ0v) is 19.2. The molecule has 2 atom stereocenters. The summed E-state index contributed by atoms with van der Waals surface area (Å²) in [5, 5.41) is 3.13. The number of nitrogens with one attached hydrogen (secondary N) is 1. The van der Waals surface area contributed by atoms with Crippen molar-refractivity contribution >= 4 is 35.3 Å². The van der Waals surface area contributed by atoms with Gasteiger partial charge in [0.05, 0.1) is 16.2 Å². The molecule has 8 heteroatoms. The monoisotopic (exact) mass is 474 g/mol. The normalized spacial score (nSPS) is 22.3. The number of rotatable bonds is 3. The van der Waals surface area contributed by atoms with Gasteiger partial charge in [-0.3, -0.25) is 9.59 Å². The molecule has 174 valence electrons. The van der Waals surface area contributed by atoms with Gasteiger partial charge in [-0.15, -0.1) is 0 Å². The predicted molar refractivity (Wildman–Crippen MR) is 124 cm³/mol. The first-order chi connectivity index (χ1) is 15.6. The van der Waals surface area contributed by atoms with Gasteiger partial charge in [0, 0.05) is 23.5 Å². The molecule has 0 radical (unpaired) electrons. The zero-order chi connectivity index (χ0) is 23.8. The van der Waals surface area contributed by atoms with Crippen LogP contribution in [0.2, 0.25) is 0 Å². The minimum atomic E-state index is -4.40. The highest BCUT2D eigenvalue weighted by Crippen LogP contribution is 2.42. The lowest BCUT2D eigenvalue weighted by Gasteiger charge is -2.30. The maximum atomic E-state index is 12.9. The third-order valence-corrected chi connectivity index (χ3v) is 7.36. The average Bonchev–Trinajstić information content (AvgIpc) is 2.78. The fourth-order valence-electron chi connectivity index (χ4n) is 4.24. The highest BCUT2D eigenvalue weighted by Gasteiger charge is 2.31. The van der Waals surface area contributed by atoms with E-state index in [1.807, 2.05) is 6.07 Å². The SMILES string of the molecule is C[C@@H]1CCCC[C@@H]1NC(=O)c1ccc2c(c1)N(C)C(=O)/C(=C/c1ccc(C(F)(F)F)cc1)S2. The molecule has 1 N–H and O–H groups in total. The minimum Gasteiger partial charge on any atom is -0.349 e. The first-order valence-electron chi connectivity index (χ1n) is 10.9. The molecule has 0 aromatic heterocycles. The molecule has 1 aliphatic carbocycles. The van der Waals surface area contributed by atoms with Gasteiger partial charge in [-0.25, -0.2) is 0 Å². The lowest BCUT2D eigenvalue weighted by atomic mass is 9.86. The second-order valence-corrected chi connectivity index (χ2v) is 9.70. The van der Waals surface area contributed by atoms with Crippen LogP contribution in [0.3, 0.4) is 0 Å². The number of nitrogens with zero attached hydrogens (tertiary/aromatic N) is 1. The Morgan fingerprint density at radius 2 is 1.82 bits per heavy atom. The number of fused-ring (bicyclic) bond motifs is 1. The Kier molecular flexibility index (Phi) is 6.56. The molecule has 0 saturated heterocycles. The van der Waals surface area contributed by atoms with Crippen molar-refractivity contribution in [3.8, 4) is 0 Å². The summed E-state index contributed by atoms with van der Waals surface area (Å²) in [6, 6.07) is 10.1. The maximum Gasteiger partial charge on any atom is 0.416 e. The van der Waals surface area contributed by atoms with Gasteiger partial charge in [0.25, 0.3) is 11.8 Å². The number of hydrogen-bond acceptors (Lipinski definition) is 3. The minimum absolute atomic E-state index is 0.145. The highest BCUT2D eigenvalue weighted by molar-refractivity contribution is 8.04. The van der Waals surface area contributed by atoms with E-state index < -0.39 is 11.7 Å². The zero-order valence-electron chi connectivity index (χ0n) is 18.4. The van der Waals surface area contributed by atoms with Crippen molar-refractivity contribution in [3.63, 3.8) is 0 Å². The molecule has 1 heterocycles. The van der Waals surface area contributed by atoms with Crippen LogP contribution in [-0.4, -0.2) is 24.9 Å². The second kappa shape index (κ2) is 9.25. The van der Waals surface area contributed by atoms with Crippen LogP contribution in [0.5, 0.6) is 0 Å². The number of anilines is 1. The summed E-state index contributed by atoms with van der Waals surface area (Å²) in [7, 11) is 1.63. The summed E-state index contributed by atoms with van der Waals surface area (Å²) in [5.41, 5.74) is 0.914. The fourth-order valence-corrected chi connectivity index (χ4v) is 5.33. The Morgan fingerprint density at radius 1 is 1.12 bits per heavy atom. The van der Waals surface area contributed by atoms with Gasteiger partial charge >= 0.3 is 6.18 Å². The van der Waals surface area contributed by atoms with Gasteiger partial charge in [0.1, 0.15) is 0 Å². The van der Waals surface area contributed by atoms with Crippen LogP contribution in [0.1, 0.15) is 54.1 Å². The molecule has 0 unspecified atom stereocenters. The lowest BCUT2D eigenvalue weighted by molar-refractivity contribution is -0.137. The Labute approximate surface area is 195 Å². The molecular formula is C25H25F3N2O2S. The summed E-state index contributed by atoms with van der Waals surface area (Å²) in [5.74, 6) is 0.0254. The number of alkyl halides is 3. The molecule has 2 aromatic carbocycles. The molecule has 33 heavy (non-hydrogen) atoms. The van der Waals surface area contributed by atoms with E-state index in [0.717, 1.165) is 36.3 Å². The van der Waals surface area contributed by atoms with E-state index in [1.54, 1.807) is 25.3 Å². The molecule has 4 rings (SSSR count). The van der Waals surface area contributed by atoms with Crippen molar-refractivity contribution in [2.45, 2.75) is 49.7 Å². The van der Waals surface area contributed by atoms with Gasteiger partial charge < -0.3 is 10.2 Å². The van der Waals surface area contributed by atoms with Crippen molar-refractivity contribution in [2.24, 2.45) is 5.92 Å². The van der Waals surface area contributed by atoms with E-state index >= 15 is 0 Å². The molecule has 2 aromatic rings. The summed E-state index contributed by atoms with van der Waals surface area (Å²) >= 11 is 1.25. The van der Waals surface area contributed by atoms with Crippen LogP contribution in [-0.2, 0) is 11.0 Å². The number of carbonyl (C=O) groups is 2. The molecule has 1 fully saturated rings. The Hall–Kier alpha value is -2.74. The standard InChI is InChI=1S/C25H25F3N2O2S/c1-15-5-3-4-6-19(15)29-23(31)17-9-12-21-20(14-17)30(2)24(32)22(33-21)13-16-7-10-18(11-8-16)25(26,27)28/h7-15,19H,3-6H2,1-2H3,(H,29,31)/b22-13-/t15-,19+/m1/s1. The Bertz CT molecular complexity index is 1100. The first-order valence-corrected chi connectivity index (χ1v) is 11.7. The van der Waals surface area contributed by atoms with Crippen LogP contribution in [0.15, 0.2) is 52.3 Å². The highest BCUT2D eigenvalue weighted by atomic mass is 32.2. The van der Waals surface area contributed by atoms with E-state index in [4.69, 9.17) is 0 Å². The first kappa shape index (κ1) is 23.4. The second-order valence-electron chi connectivity index (χ2n) is 8.62. The van der Waals surface area contributed by atoms with Crippen molar-refractivity contribution in [1.29, 1.82) is 0 Å². The van der Waals surface area contributed by atoms with Gasteiger partial charge in [0.15, 0.2) is 0 Å². The van der Waals surface area contributed by atoms with E-state index in [0.29, 0.717) is 27.6 Å². The molecule has 2 amide bonds. The van der Waals surface area contributed by atoms with Gasteiger partial charge in [-0.2, -0.15) is 13.2 Å². The number of carbonyl (C=O) groups excluding carboxylic acids is 2. The predicted octanol–water partition coefficient (Wildman–Crippen LogP) is 6.12. The smallest absolute Gasteiger partial charge is 0.349 e. The topological polar surface area (TPSA) is 49.4 Å².